The quantitative estimate of drug-likeness (QED) is 0.614. The lowest BCUT2D eigenvalue weighted by molar-refractivity contribution is -0.141. The van der Waals surface area contributed by atoms with Gasteiger partial charge in [-0.2, -0.15) is 0 Å². The Morgan fingerprint density at radius 1 is 1.39 bits per heavy atom. The zero-order valence-corrected chi connectivity index (χ0v) is 13.1. The Hall–Kier alpha value is -1.96. The Kier molecular flexibility index (Phi) is 8.25. The first-order valence-electron chi connectivity index (χ1n) is 7.45. The van der Waals surface area contributed by atoms with Crippen molar-refractivity contribution in [3.63, 3.8) is 0 Å². The van der Waals surface area contributed by atoms with Gasteiger partial charge < -0.3 is 26.0 Å². The highest BCUT2D eigenvalue weighted by Gasteiger charge is 2.19. The fraction of sp³-hybridized carbons (Fsp3) is 0.500. The van der Waals surface area contributed by atoms with Crippen LogP contribution >= 0.6 is 0 Å². The first-order chi connectivity index (χ1) is 10.9. The van der Waals surface area contributed by atoms with Crippen molar-refractivity contribution in [1.82, 2.24) is 5.32 Å². The molecule has 1 saturated heterocycles. The van der Waals surface area contributed by atoms with E-state index in [1.165, 1.54) is 6.92 Å². The van der Waals surface area contributed by atoms with E-state index in [0.29, 0.717) is 19.6 Å². The standard InChI is InChI=1S/C11H13NO3.C5H11NO2/c1-8(13)12-10(11(14)15)7-9-5-3-2-4-6-9;6-4-1-2-8-3-5(4)7/h2-6,10H,7H2,1H3,(H,12,13)(H,14,15);4-5,7H,1-3,6H2/t10-;4-,5-/m00/s1. The minimum atomic E-state index is -1.02. The second-order valence-corrected chi connectivity index (χ2v) is 5.38. The highest BCUT2D eigenvalue weighted by Crippen LogP contribution is 2.04. The van der Waals surface area contributed by atoms with Crippen LogP contribution < -0.4 is 11.1 Å². The average Bonchev–Trinajstić information content (AvgIpc) is 2.51. The number of hydrogen-bond donors (Lipinski definition) is 4. The number of amides is 1. The number of nitrogens with two attached hydrogens (primary N) is 1. The molecule has 128 valence electrons. The molecule has 3 atom stereocenters. The predicted molar refractivity (Wildman–Crippen MR) is 84.8 cm³/mol. The lowest BCUT2D eigenvalue weighted by Crippen LogP contribution is -2.42. The number of nitrogens with one attached hydrogen (secondary N) is 1. The highest BCUT2D eigenvalue weighted by atomic mass is 16.5. The van der Waals surface area contributed by atoms with E-state index in [2.05, 4.69) is 5.32 Å². The number of carbonyl (C=O) groups excluding carboxylic acids is 1. The lowest BCUT2D eigenvalue weighted by Gasteiger charge is -2.23. The van der Waals surface area contributed by atoms with Crippen LogP contribution in [0.1, 0.15) is 18.9 Å². The molecule has 0 radical (unpaired) electrons. The van der Waals surface area contributed by atoms with Gasteiger partial charge in [-0.25, -0.2) is 4.79 Å². The number of ether oxygens (including phenoxy) is 1. The van der Waals surface area contributed by atoms with E-state index in [1.54, 1.807) is 0 Å². The van der Waals surface area contributed by atoms with Gasteiger partial charge in [0.1, 0.15) is 6.04 Å². The Balaban J connectivity index is 0.000000277. The SMILES string of the molecule is CC(=O)N[C@@H](Cc1ccccc1)C(=O)O.N[C@H]1CCOC[C@@H]1O. The lowest BCUT2D eigenvalue weighted by atomic mass is 10.1. The van der Waals surface area contributed by atoms with Gasteiger partial charge in [0.15, 0.2) is 0 Å². The van der Waals surface area contributed by atoms with E-state index >= 15 is 0 Å². The average molecular weight is 324 g/mol. The number of carboxylic acid groups (broad SMARTS) is 1. The molecule has 7 heteroatoms. The summed E-state index contributed by atoms with van der Waals surface area (Å²) < 4.78 is 4.92. The molecule has 0 aromatic heterocycles. The van der Waals surface area contributed by atoms with Gasteiger partial charge >= 0.3 is 5.97 Å². The molecule has 23 heavy (non-hydrogen) atoms. The Morgan fingerprint density at radius 2 is 2.04 bits per heavy atom. The van der Waals surface area contributed by atoms with Gasteiger partial charge in [-0.1, -0.05) is 30.3 Å². The van der Waals surface area contributed by atoms with Crippen molar-refractivity contribution in [3.05, 3.63) is 35.9 Å². The van der Waals surface area contributed by atoms with Crippen LogP contribution in [0.15, 0.2) is 30.3 Å². The topological polar surface area (TPSA) is 122 Å². The summed E-state index contributed by atoms with van der Waals surface area (Å²) >= 11 is 0. The molecule has 1 aliphatic rings. The first kappa shape index (κ1) is 19.1. The summed E-state index contributed by atoms with van der Waals surface area (Å²) in [6.45, 7) is 2.40. The van der Waals surface area contributed by atoms with E-state index in [-0.39, 0.29) is 11.9 Å². The number of aliphatic hydroxyl groups excluding tert-OH is 1. The number of rotatable bonds is 4. The van der Waals surface area contributed by atoms with Crippen LogP contribution in [0.4, 0.5) is 0 Å². The van der Waals surface area contributed by atoms with Crippen LogP contribution in [0.3, 0.4) is 0 Å². The van der Waals surface area contributed by atoms with Crippen molar-refractivity contribution >= 4 is 11.9 Å². The molecule has 1 fully saturated rings. The molecule has 1 amide bonds. The normalized spacial score (nSPS) is 21.5. The largest absolute Gasteiger partial charge is 0.480 e. The van der Waals surface area contributed by atoms with Crippen molar-refractivity contribution in [2.24, 2.45) is 5.73 Å². The summed E-state index contributed by atoms with van der Waals surface area (Å²) in [5.74, 6) is -1.35. The zero-order chi connectivity index (χ0) is 17.2. The van der Waals surface area contributed by atoms with Crippen LogP contribution in [-0.4, -0.2) is 53.5 Å². The molecule has 1 aromatic carbocycles. The number of aliphatic carboxylic acids is 1. The minimum Gasteiger partial charge on any atom is -0.480 e. The number of hydrogen-bond acceptors (Lipinski definition) is 5. The third-order valence-electron chi connectivity index (χ3n) is 3.34. The van der Waals surface area contributed by atoms with Crippen LogP contribution in [0.2, 0.25) is 0 Å². The molecule has 1 aliphatic heterocycles. The summed E-state index contributed by atoms with van der Waals surface area (Å²) in [7, 11) is 0. The molecule has 5 N–H and O–H groups in total. The van der Waals surface area contributed by atoms with Crippen LogP contribution in [0, 0.1) is 0 Å². The summed E-state index contributed by atoms with van der Waals surface area (Å²) in [4.78, 5) is 21.6. The van der Waals surface area contributed by atoms with Crippen LogP contribution in [-0.2, 0) is 20.7 Å². The molecular weight excluding hydrogens is 300 g/mol. The molecule has 0 unspecified atom stereocenters. The van der Waals surface area contributed by atoms with E-state index in [1.807, 2.05) is 30.3 Å². The molecule has 0 aliphatic carbocycles. The monoisotopic (exact) mass is 324 g/mol. The molecule has 1 aromatic rings. The van der Waals surface area contributed by atoms with Gasteiger partial charge in [-0.3, -0.25) is 4.79 Å². The number of carboxylic acids is 1. The molecule has 0 spiro atoms. The zero-order valence-electron chi connectivity index (χ0n) is 13.1. The summed E-state index contributed by atoms with van der Waals surface area (Å²) in [5, 5.41) is 20.2. The van der Waals surface area contributed by atoms with Crippen molar-refractivity contribution in [3.8, 4) is 0 Å². The maximum Gasteiger partial charge on any atom is 0.326 e. The van der Waals surface area contributed by atoms with Crippen LogP contribution in [0.25, 0.3) is 0 Å². The van der Waals surface area contributed by atoms with E-state index in [0.717, 1.165) is 12.0 Å². The molecule has 2 rings (SSSR count). The Labute approximate surface area is 135 Å². The number of benzene rings is 1. The predicted octanol–water partition coefficient (Wildman–Crippen LogP) is -0.0867. The van der Waals surface area contributed by atoms with Crippen molar-refractivity contribution in [1.29, 1.82) is 0 Å². The molecule has 1 heterocycles. The Morgan fingerprint density at radius 3 is 2.48 bits per heavy atom. The summed E-state index contributed by atoms with van der Waals surface area (Å²) in [6.07, 6.45) is 0.639. The van der Waals surface area contributed by atoms with Crippen molar-refractivity contribution < 1.29 is 24.5 Å². The van der Waals surface area contributed by atoms with E-state index in [9.17, 15) is 9.59 Å². The molecular formula is C16H24N2O5. The van der Waals surface area contributed by atoms with Gasteiger partial charge in [0.05, 0.1) is 12.7 Å². The second-order valence-electron chi connectivity index (χ2n) is 5.38. The highest BCUT2D eigenvalue weighted by molar-refractivity contribution is 5.82. The van der Waals surface area contributed by atoms with Crippen molar-refractivity contribution in [2.45, 2.75) is 38.0 Å². The summed E-state index contributed by atoms with van der Waals surface area (Å²) in [5.41, 5.74) is 6.34. The maximum atomic E-state index is 10.8. The molecule has 7 nitrogen and oxygen atoms in total. The maximum absolute atomic E-state index is 10.8. The molecule has 0 bridgehead atoms. The third kappa shape index (κ3) is 7.73. The minimum absolute atomic E-state index is 0.0660. The van der Waals surface area contributed by atoms with E-state index < -0.39 is 18.1 Å². The van der Waals surface area contributed by atoms with Crippen LogP contribution in [0.5, 0.6) is 0 Å². The fourth-order valence-electron chi connectivity index (χ4n) is 2.03. The van der Waals surface area contributed by atoms with Gasteiger partial charge in [-0.15, -0.1) is 0 Å². The second kappa shape index (κ2) is 9.94. The fourth-order valence-corrected chi connectivity index (χ4v) is 2.03. The Bertz CT molecular complexity index is 485. The summed E-state index contributed by atoms with van der Waals surface area (Å²) in [6, 6.07) is 8.27. The van der Waals surface area contributed by atoms with Gasteiger partial charge in [-0.05, 0) is 12.0 Å². The van der Waals surface area contributed by atoms with Gasteiger partial charge in [0, 0.05) is 26.0 Å². The smallest absolute Gasteiger partial charge is 0.326 e. The van der Waals surface area contributed by atoms with Crippen molar-refractivity contribution in [2.75, 3.05) is 13.2 Å². The molecule has 0 saturated carbocycles. The number of carbonyl (C=O) groups is 2. The van der Waals surface area contributed by atoms with E-state index in [4.69, 9.17) is 20.7 Å². The van der Waals surface area contributed by atoms with Gasteiger partial charge in [0.25, 0.3) is 0 Å². The number of aliphatic hydroxyl groups is 1. The van der Waals surface area contributed by atoms with Gasteiger partial charge in [0.2, 0.25) is 5.91 Å². The first-order valence-corrected chi connectivity index (χ1v) is 7.45. The third-order valence-corrected chi connectivity index (χ3v) is 3.34.